The average Bonchev–Trinajstić information content (AvgIpc) is 3.56. The van der Waals surface area contributed by atoms with Gasteiger partial charge in [-0.25, -0.2) is 4.98 Å². The van der Waals surface area contributed by atoms with Gasteiger partial charge < -0.3 is 4.57 Å². The van der Waals surface area contributed by atoms with Gasteiger partial charge in [-0.15, -0.1) is 0 Å². The zero-order valence-corrected chi connectivity index (χ0v) is 23.8. The molecule has 0 N–H and O–H groups in total. The molecule has 0 atom stereocenters. The van der Waals surface area contributed by atoms with Crippen LogP contribution in [-0.4, -0.2) is 19.1 Å². The zero-order chi connectivity index (χ0) is 30.7. The van der Waals surface area contributed by atoms with Crippen molar-refractivity contribution in [3.05, 3.63) is 120 Å². The lowest BCUT2D eigenvalue weighted by atomic mass is 9.92. The Morgan fingerprint density at radius 1 is 0.659 bits per heavy atom. The molecule has 41 heavy (non-hydrogen) atoms. The zero-order valence-electron chi connectivity index (χ0n) is 26.8. The van der Waals surface area contributed by atoms with Crippen LogP contribution in [0.5, 0.6) is 0 Å². The lowest BCUT2D eigenvalue weighted by Crippen LogP contribution is -2.08. The Labute approximate surface area is 245 Å². The van der Waals surface area contributed by atoms with Crippen LogP contribution in [0, 0.1) is 6.85 Å². The molecule has 0 fully saturated rings. The normalized spacial score (nSPS) is 13.4. The van der Waals surface area contributed by atoms with Gasteiger partial charge in [0.05, 0.1) is 27.8 Å². The molecule has 3 heterocycles. The molecule has 202 valence electrons. The van der Waals surface area contributed by atoms with Gasteiger partial charge in [-0.2, -0.15) is 0 Å². The second-order valence-electron chi connectivity index (χ2n) is 11.4. The molecule has 0 bridgehead atoms. The number of hydrogen-bond donors (Lipinski definition) is 0. The first kappa shape index (κ1) is 22.0. The van der Waals surface area contributed by atoms with Crippen LogP contribution in [0.15, 0.2) is 103 Å². The van der Waals surface area contributed by atoms with Gasteiger partial charge in [-0.3, -0.25) is 9.55 Å². The summed E-state index contributed by atoms with van der Waals surface area (Å²) in [5.74, 6) is 1.53. The van der Waals surface area contributed by atoms with Crippen molar-refractivity contribution in [3.63, 3.8) is 0 Å². The molecule has 4 aromatic carbocycles. The van der Waals surface area contributed by atoms with Crippen molar-refractivity contribution in [2.45, 2.75) is 46.4 Å². The Morgan fingerprint density at radius 2 is 1.41 bits per heavy atom. The van der Waals surface area contributed by atoms with Crippen LogP contribution in [0.2, 0.25) is 0 Å². The summed E-state index contributed by atoms with van der Waals surface area (Å²) in [6, 6.07) is 30.8. The number of para-hydroxylation sites is 3. The van der Waals surface area contributed by atoms with Crippen LogP contribution in [0.3, 0.4) is 0 Å². The highest BCUT2D eigenvalue weighted by Gasteiger charge is 2.23. The number of pyridine rings is 1. The van der Waals surface area contributed by atoms with Gasteiger partial charge in [0.1, 0.15) is 5.82 Å². The molecule has 7 rings (SSSR count). The molecule has 4 heteroatoms. The van der Waals surface area contributed by atoms with Crippen LogP contribution in [0.1, 0.15) is 60.3 Å². The summed E-state index contributed by atoms with van der Waals surface area (Å²) in [5.41, 5.74) is 9.85. The summed E-state index contributed by atoms with van der Waals surface area (Å²) < 4.78 is 28.6. The van der Waals surface area contributed by atoms with Gasteiger partial charge in [0.15, 0.2) is 0 Å². The maximum absolute atomic E-state index is 8.06. The van der Waals surface area contributed by atoms with Crippen LogP contribution in [-0.2, 0) is 0 Å². The molecule has 0 unspecified atom stereocenters. The number of hydrogen-bond acceptors (Lipinski definition) is 2. The minimum Gasteiger partial charge on any atom is -0.309 e. The number of rotatable bonds is 5. The van der Waals surface area contributed by atoms with E-state index in [0.29, 0.717) is 17.4 Å². The summed E-state index contributed by atoms with van der Waals surface area (Å²) in [6.07, 6.45) is 3.52. The lowest BCUT2D eigenvalue weighted by molar-refractivity contribution is 0.811. The number of fused-ring (bicyclic) bond motifs is 4. The van der Waals surface area contributed by atoms with Gasteiger partial charge in [-0.05, 0) is 83.9 Å². The molecule has 0 aliphatic rings. The minimum atomic E-state index is -2.21. The van der Waals surface area contributed by atoms with E-state index in [1.54, 1.807) is 24.5 Å². The third kappa shape index (κ3) is 4.05. The largest absolute Gasteiger partial charge is 0.309 e. The van der Waals surface area contributed by atoms with E-state index in [-0.39, 0.29) is 0 Å². The van der Waals surface area contributed by atoms with Crippen LogP contribution < -0.4 is 0 Å². The molecule has 0 amide bonds. The molecule has 3 aromatic heterocycles. The third-order valence-corrected chi connectivity index (χ3v) is 8.07. The summed E-state index contributed by atoms with van der Waals surface area (Å²) in [6.45, 7) is 6.77. The third-order valence-electron chi connectivity index (χ3n) is 8.07. The topological polar surface area (TPSA) is 35.6 Å². The molecule has 7 aromatic rings. The van der Waals surface area contributed by atoms with Crippen molar-refractivity contribution in [2.24, 2.45) is 0 Å². The minimum absolute atomic E-state index is 0.316. The number of aryl methyl sites for hydroxylation is 1. The Bertz CT molecular complexity index is 2140. The highest BCUT2D eigenvalue weighted by Crippen LogP contribution is 2.39. The molecule has 0 saturated carbocycles. The molecular formula is C37H34N4. The summed E-state index contributed by atoms with van der Waals surface area (Å²) >= 11 is 0. The van der Waals surface area contributed by atoms with Gasteiger partial charge in [0, 0.05) is 38.5 Å². The Balaban J connectivity index is 1.56. The fourth-order valence-electron chi connectivity index (χ4n) is 6.15. The molecular weight excluding hydrogens is 500 g/mol. The molecule has 4 nitrogen and oxygen atoms in total. The van der Waals surface area contributed by atoms with E-state index in [1.165, 1.54) is 16.8 Å². The van der Waals surface area contributed by atoms with Crippen LogP contribution in [0.25, 0.3) is 55.6 Å². The van der Waals surface area contributed by atoms with E-state index in [0.717, 1.165) is 49.9 Å². The van der Waals surface area contributed by atoms with Gasteiger partial charge in [0.25, 0.3) is 0 Å². The quantitative estimate of drug-likeness (QED) is 0.219. The fraction of sp³-hybridized carbons (Fsp3) is 0.189. The van der Waals surface area contributed by atoms with E-state index in [1.807, 2.05) is 24.3 Å². The first-order chi connectivity index (χ1) is 21.1. The van der Waals surface area contributed by atoms with Gasteiger partial charge in [0.2, 0.25) is 0 Å². The summed E-state index contributed by atoms with van der Waals surface area (Å²) in [4.78, 5) is 9.44. The van der Waals surface area contributed by atoms with Gasteiger partial charge >= 0.3 is 0 Å². The van der Waals surface area contributed by atoms with Crippen molar-refractivity contribution in [1.82, 2.24) is 19.1 Å². The van der Waals surface area contributed by atoms with E-state index in [2.05, 4.69) is 96.4 Å². The van der Waals surface area contributed by atoms with Crippen molar-refractivity contribution >= 4 is 32.8 Å². The predicted molar refractivity (Wildman–Crippen MR) is 172 cm³/mol. The van der Waals surface area contributed by atoms with Crippen molar-refractivity contribution in [2.75, 3.05) is 0 Å². The molecule has 0 aliphatic heterocycles. The Kier molecular flexibility index (Phi) is 5.24. The van der Waals surface area contributed by atoms with Crippen molar-refractivity contribution in [1.29, 1.82) is 0 Å². The lowest BCUT2D eigenvalue weighted by Gasteiger charge is -2.22. The van der Waals surface area contributed by atoms with Crippen molar-refractivity contribution < 1.29 is 4.11 Å². The monoisotopic (exact) mass is 537 g/mol. The Morgan fingerprint density at radius 3 is 2.15 bits per heavy atom. The first-order valence-electron chi connectivity index (χ1n) is 15.7. The second-order valence-corrected chi connectivity index (χ2v) is 11.4. The standard InChI is InChI=1S/C37H34N4/c1-23(2)28-9-8-10-29(24(3)4)36(28)41-34-12-7-6-11-32(34)39-37(41)26-14-16-33-31(22-26)30-15-13-25(5)21-35(30)40(33)27-17-19-38-20-18-27/h6-24H,1-5H3/i5D3. The number of imidazole rings is 1. The van der Waals surface area contributed by atoms with Gasteiger partial charge in [-0.1, -0.05) is 70.2 Å². The fourth-order valence-corrected chi connectivity index (χ4v) is 6.15. The SMILES string of the molecule is [2H]C([2H])([2H])c1ccc2c3cc(-c4nc5ccccc5n4-c4c(C(C)C)cccc4C(C)C)ccc3n(-c3ccncc3)c2c1. The second kappa shape index (κ2) is 9.74. The van der Waals surface area contributed by atoms with E-state index < -0.39 is 6.85 Å². The van der Waals surface area contributed by atoms with E-state index >= 15 is 0 Å². The maximum Gasteiger partial charge on any atom is 0.145 e. The highest BCUT2D eigenvalue weighted by atomic mass is 15.1. The first-order valence-corrected chi connectivity index (χ1v) is 14.2. The molecule has 0 aliphatic carbocycles. The molecule has 0 radical (unpaired) electrons. The number of aromatic nitrogens is 4. The van der Waals surface area contributed by atoms with Crippen molar-refractivity contribution in [3.8, 4) is 22.8 Å². The maximum atomic E-state index is 8.06. The predicted octanol–water partition coefficient (Wildman–Crippen LogP) is 9.74. The molecule has 0 saturated heterocycles. The average molecular weight is 538 g/mol. The highest BCUT2D eigenvalue weighted by molar-refractivity contribution is 6.10. The smallest absolute Gasteiger partial charge is 0.145 e. The number of benzene rings is 4. The van der Waals surface area contributed by atoms with E-state index in [4.69, 9.17) is 9.10 Å². The summed E-state index contributed by atoms with van der Waals surface area (Å²) in [7, 11) is 0. The van der Waals surface area contributed by atoms with Crippen LogP contribution >= 0.6 is 0 Å². The Hall–Kier alpha value is -4.70. The van der Waals surface area contributed by atoms with E-state index in [9.17, 15) is 0 Å². The van der Waals surface area contributed by atoms with Crippen LogP contribution in [0.4, 0.5) is 0 Å². The number of nitrogens with zero attached hydrogens (tertiary/aromatic N) is 4. The summed E-state index contributed by atoms with van der Waals surface area (Å²) in [5, 5.41) is 2.02. The molecule has 0 spiro atoms.